The first kappa shape index (κ1) is 27.5. The topological polar surface area (TPSA) is 98.8 Å². The first-order chi connectivity index (χ1) is 18.3. The Bertz CT molecular complexity index is 1380. The Labute approximate surface area is 224 Å². The Hall–Kier alpha value is -3.53. The van der Waals surface area contributed by atoms with Gasteiger partial charge >= 0.3 is 0 Å². The highest BCUT2D eigenvalue weighted by atomic mass is 32.2. The molecule has 1 saturated heterocycles. The lowest BCUT2D eigenvalue weighted by molar-refractivity contribution is 0.0954. The molecule has 3 aromatic carbocycles. The number of anilines is 1. The molecule has 0 aliphatic carbocycles. The van der Waals surface area contributed by atoms with E-state index in [0.29, 0.717) is 61.0 Å². The minimum Gasteiger partial charge on any atom is -0.352 e. The number of rotatable bonds is 9. The average Bonchev–Trinajstić information content (AvgIpc) is 2.92. The molecule has 2 N–H and O–H groups in total. The predicted octanol–water partition coefficient (Wildman–Crippen LogP) is 3.89. The summed E-state index contributed by atoms with van der Waals surface area (Å²) in [5.41, 5.74) is 3.35. The number of benzene rings is 3. The van der Waals surface area contributed by atoms with Crippen molar-refractivity contribution in [2.45, 2.75) is 31.7 Å². The molecule has 2 amide bonds. The molecule has 0 radical (unpaired) electrons. The van der Waals surface area contributed by atoms with Crippen LogP contribution in [-0.2, 0) is 16.6 Å². The van der Waals surface area contributed by atoms with Gasteiger partial charge in [0.15, 0.2) is 0 Å². The maximum Gasteiger partial charge on any atom is 0.255 e. The van der Waals surface area contributed by atoms with Crippen LogP contribution < -0.4 is 10.6 Å². The smallest absolute Gasteiger partial charge is 0.255 e. The molecule has 1 heterocycles. The second-order valence-electron chi connectivity index (χ2n) is 9.45. The van der Waals surface area contributed by atoms with E-state index in [0.717, 1.165) is 17.5 Å². The summed E-state index contributed by atoms with van der Waals surface area (Å²) in [4.78, 5) is 28.0. The number of carbonyl (C=O) groups excluding carboxylic acids is 2. The van der Waals surface area contributed by atoms with Crippen molar-refractivity contribution in [1.29, 1.82) is 0 Å². The fourth-order valence-corrected chi connectivity index (χ4v) is 5.80. The molecule has 1 aliphatic heterocycles. The summed E-state index contributed by atoms with van der Waals surface area (Å²) in [7, 11) is -3.51. The summed E-state index contributed by atoms with van der Waals surface area (Å²) in [6.07, 6.45) is 0.824. The van der Waals surface area contributed by atoms with Crippen molar-refractivity contribution < 1.29 is 18.0 Å². The van der Waals surface area contributed by atoms with E-state index in [1.54, 1.807) is 42.5 Å². The number of carbonyl (C=O) groups is 2. The molecule has 0 bridgehead atoms. The second-order valence-corrected chi connectivity index (χ2v) is 11.4. The van der Waals surface area contributed by atoms with Crippen LogP contribution in [0.1, 0.15) is 45.2 Å². The summed E-state index contributed by atoms with van der Waals surface area (Å²) < 4.78 is 27.5. The van der Waals surface area contributed by atoms with Crippen LogP contribution in [0.3, 0.4) is 0 Å². The third-order valence-corrected chi connectivity index (χ3v) is 8.45. The van der Waals surface area contributed by atoms with Crippen molar-refractivity contribution in [3.8, 4) is 0 Å². The van der Waals surface area contributed by atoms with E-state index < -0.39 is 10.0 Å². The molecule has 8 nitrogen and oxygen atoms in total. The van der Waals surface area contributed by atoms with Gasteiger partial charge in [-0.05, 0) is 55.3 Å². The van der Waals surface area contributed by atoms with Crippen molar-refractivity contribution in [1.82, 2.24) is 14.5 Å². The van der Waals surface area contributed by atoms with Gasteiger partial charge in [0, 0.05) is 44.8 Å². The summed E-state index contributed by atoms with van der Waals surface area (Å²) in [6, 6.07) is 21.3. The number of amides is 2. The maximum atomic E-state index is 13.0. The molecule has 0 atom stereocenters. The summed E-state index contributed by atoms with van der Waals surface area (Å²) >= 11 is 0. The number of nitrogens with zero attached hydrogens (tertiary/aromatic N) is 2. The third-order valence-electron chi connectivity index (χ3n) is 6.54. The molecule has 38 heavy (non-hydrogen) atoms. The standard InChI is InChI=1S/C29H34N4O4S/c1-3-15-30-29(35)26-9-4-5-10-27(26)31-28(34)24-8-6-7-23(20-24)21-32-16-18-33(19-17-32)38(36,37)25-13-11-22(2)12-14-25/h4-14,20H,3,15-19,21H2,1-2H3,(H,30,35)(H,31,34). The second kappa shape index (κ2) is 12.3. The highest BCUT2D eigenvalue weighted by Crippen LogP contribution is 2.20. The number of piperazine rings is 1. The zero-order valence-electron chi connectivity index (χ0n) is 21.8. The van der Waals surface area contributed by atoms with Gasteiger partial charge in [-0.15, -0.1) is 0 Å². The van der Waals surface area contributed by atoms with E-state index in [9.17, 15) is 18.0 Å². The zero-order chi connectivity index (χ0) is 27.1. The molecule has 1 aliphatic rings. The molecule has 9 heteroatoms. The molecule has 0 aromatic heterocycles. The minimum atomic E-state index is -3.51. The number of hydrogen-bond donors (Lipinski definition) is 2. The number of sulfonamides is 1. The zero-order valence-corrected chi connectivity index (χ0v) is 22.6. The largest absolute Gasteiger partial charge is 0.352 e. The highest BCUT2D eigenvalue weighted by molar-refractivity contribution is 7.89. The Balaban J connectivity index is 1.37. The normalized spacial score (nSPS) is 14.7. The Morgan fingerprint density at radius 1 is 0.868 bits per heavy atom. The molecule has 1 fully saturated rings. The monoisotopic (exact) mass is 534 g/mol. The molecule has 200 valence electrons. The van der Waals surface area contributed by atoms with Crippen molar-refractivity contribution in [2.24, 2.45) is 0 Å². The van der Waals surface area contributed by atoms with Gasteiger partial charge in [-0.1, -0.05) is 48.9 Å². The third kappa shape index (κ3) is 6.66. The van der Waals surface area contributed by atoms with E-state index in [1.807, 2.05) is 44.2 Å². The van der Waals surface area contributed by atoms with Gasteiger partial charge in [0.1, 0.15) is 0 Å². The lowest BCUT2D eigenvalue weighted by Crippen LogP contribution is -2.48. The molecular weight excluding hydrogens is 500 g/mol. The van der Waals surface area contributed by atoms with Gasteiger partial charge in [0.05, 0.1) is 16.1 Å². The highest BCUT2D eigenvalue weighted by Gasteiger charge is 2.28. The van der Waals surface area contributed by atoms with E-state index in [2.05, 4.69) is 15.5 Å². The van der Waals surface area contributed by atoms with Crippen LogP contribution in [0.15, 0.2) is 77.7 Å². The quantitative estimate of drug-likeness (QED) is 0.434. The van der Waals surface area contributed by atoms with Crippen LogP contribution in [-0.4, -0.2) is 62.2 Å². The fraction of sp³-hybridized carbons (Fsp3) is 0.310. The summed E-state index contributed by atoms with van der Waals surface area (Å²) in [5.74, 6) is -0.517. The lowest BCUT2D eigenvalue weighted by Gasteiger charge is -2.34. The summed E-state index contributed by atoms with van der Waals surface area (Å²) in [6.45, 7) is 7.10. The van der Waals surface area contributed by atoms with Crippen molar-refractivity contribution in [3.05, 3.63) is 95.1 Å². The molecule has 0 unspecified atom stereocenters. The maximum absolute atomic E-state index is 13.0. The van der Waals surface area contributed by atoms with Crippen LogP contribution in [0.25, 0.3) is 0 Å². The summed E-state index contributed by atoms with van der Waals surface area (Å²) in [5, 5.41) is 5.71. The van der Waals surface area contributed by atoms with Gasteiger partial charge in [-0.2, -0.15) is 4.31 Å². The lowest BCUT2D eigenvalue weighted by atomic mass is 10.1. The Morgan fingerprint density at radius 3 is 2.29 bits per heavy atom. The van der Waals surface area contributed by atoms with Crippen LogP contribution >= 0.6 is 0 Å². The van der Waals surface area contributed by atoms with Crippen molar-refractivity contribution in [2.75, 3.05) is 38.0 Å². The van der Waals surface area contributed by atoms with Crippen LogP contribution in [0.2, 0.25) is 0 Å². The van der Waals surface area contributed by atoms with Crippen molar-refractivity contribution >= 4 is 27.5 Å². The fourth-order valence-electron chi connectivity index (χ4n) is 4.37. The average molecular weight is 535 g/mol. The first-order valence-corrected chi connectivity index (χ1v) is 14.3. The number of para-hydroxylation sites is 1. The van der Waals surface area contributed by atoms with E-state index in [4.69, 9.17) is 0 Å². The molecule has 4 rings (SSSR count). The Morgan fingerprint density at radius 2 is 1.58 bits per heavy atom. The van der Waals surface area contributed by atoms with E-state index in [-0.39, 0.29) is 11.8 Å². The van der Waals surface area contributed by atoms with E-state index in [1.165, 1.54) is 4.31 Å². The predicted molar refractivity (Wildman–Crippen MR) is 149 cm³/mol. The molecule has 0 saturated carbocycles. The van der Waals surface area contributed by atoms with Crippen molar-refractivity contribution in [3.63, 3.8) is 0 Å². The van der Waals surface area contributed by atoms with Gasteiger partial charge < -0.3 is 10.6 Å². The van der Waals surface area contributed by atoms with Crippen LogP contribution in [0.5, 0.6) is 0 Å². The molecule has 3 aromatic rings. The van der Waals surface area contributed by atoms with Gasteiger partial charge in [-0.25, -0.2) is 8.42 Å². The number of hydrogen-bond acceptors (Lipinski definition) is 5. The van der Waals surface area contributed by atoms with Gasteiger partial charge in [0.25, 0.3) is 11.8 Å². The Kier molecular flexibility index (Phi) is 8.93. The van der Waals surface area contributed by atoms with Gasteiger partial charge in [-0.3, -0.25) is 14.5 Å². The molecular formula is C29H34N4O4S. The number of aryl methyl sites for hydroxylation is 1. The SMILES string of the molecule is CCCNC(=O)c1ccccc1NC(=O)c1cccc(CN2CCN(S(=O)(=O)c3ccc(C)cc3)CC2)c1. The minimum absolute atomic E-state index is 0.222. The van der Waals surface area contributed by atoms with Crippen LogP contribution in [0.4, 0.5) is 5.69 Å². The first-order valence-electron chi connectivity index (χ1n) is 12.8. The van der Waals surface area contributed by atoms with Gasteiger partial charge in [0.2, 0.25) is 10.0 Å². The van der Waals surface area contributed by atoms with Crippen LogP contribution in [0, 0.1) is 6.92 Å². The molecule has 0 spiro atoms. The van der Waals surface area contributed by atoms with E-state index >= 15 is 0 Å². The number of nitrogens with one attached hydrogen (secondary N) is 2.